The van der Waals surface area contributed by atoms with Crippen molar-refractivity contribution in [2.45, 2.75) is 25.4 Å². The van der Waals surface area contributed by atoms with Gasteiger partial charge in [-0.1, -0.05) is 19.1 Å². The van der Waals surface area contributed by atoms with E-state index in [-0.39, 0.29) is 24.4 Å². The fraction of sp³-hybridized carbons (Fsp3) is 0.462. The van der Waals surface area contributed by atoms with Gasteiger partial charge in [-0.05, 0) is 31.2 Å². The van der Waals surface area contributed by atoms with Gasteiger partial charge in [0, 0.05) is 6.04 Å². The van der Waals surface area contributed by atoms with Crippen molar-refractivity contribution in [1.82, 2.24) is 4.90 Å². The number of hydrogen-bond acceptors (Lipinski definition) is 3. The predicted molar refractivity (Wildman–Crippen MR) is 69.2 cm³/mol. The molecular formula is C13H20FN3O. The Bertz CT molecular complexity index is 411. The van der Waals surface area contributed by atoms with Crippen LogP contribution in [0, 0.1) is 5.82 Å². The quantitative estimate of drug-likeness (QED) is 0.795. The molecule has 0 saturated heterocycles. The van der Waals surface area contributed by atoms with Gasteiger partial charge in [0.2, 0.25) is 5.91 Å². The van der Waals surface area contributed by atoms with Crippen LogP contribution in [0.25, 0.3) is 0 Å². The highest BCUT2D eigenvalue weighted by atomic mass is 19.1. The average molecular weight is 253 g/mol. The van der Waals surface area contributed by atoms with Gasteiger partial charge in [0.15, 0.2) is 0 Å². The van der Waals surface area contributed by atoms with Crippen molar-refractivity contribution in [3.8, 4) is 0 Å². The number of likely N-dealkylation sites (N-methyl/N-ethyl adjacent to an activating group) is 1. The predicted octanol–water partition coefficient (Wildman–Crippen LogP) is 1.02. The Kier molecular flexibility index (Phi) is 5.25. The molecule has 0 fully saturated rings. The van der Waals surface area contributed by atoms with Gasteiger partial charge >= 0.3 is 0 Å². The molecule has 0 aliphatic carbocycles. The molecule has 100 valence electrons. The Balaban J connectivity index is 3.01. The Hall–Kier alpha value is -1.46. The largest absolute Gasteiger partial charge is 0.369 e. The van der Waals surface area contributed by atoms with Crippen LogP contribution in [0.5, 0.6) is 0 Å². The summed E-state index contributed by atoms with van der Waals surface area (Å²) >= 11 is 0. The summed E-state index contributed by atoms with van der Waals surface area (Å²) < 4.78 is 13.3. The summed E-state index contributed by atoms with van der Waals surface area (Å²) in [5.41, 5.74) is 12.0. The molecule has 0 bridgehead atoms. The van der Waals surface area contributed by atoms with Gasteiger partial charge in [0.25, 0.3) is 0 Å². The van der Waals surface area contributed by atoms with Crippen LogP contribution >= 0.6 is 0 Å². The van der Waals surface area contributed by atoms with Crippen LogP contribution in [0.2, 0.25) is 0 Å². The molecule has 0 aliphatic heterocycles. The summed E-state index contributed by atoms with van der Waals surface area (Å²) in [6, 6.07) is 5.86. The smallest absolute Gasteiger partial charge is 0.231 e. The maximum absolute atomic E-state index is 13.3. The van der Waals surface area contributed by atoms with Crippen molar-refractivity contribution in [3.05, 3.63) is 35.6 Å². The second-order valence-corrected chi connectivity index (χ2v) is 4.45. The van der Waals surface area contributed by atoms with Crippen LogP contribution in [0.3, 0.4) is 0 Å². The summed E-state index contributed by atoms with van der Waals surface area (Å²) in [5, 5.41) is 0. The zero-order chi connectivity index (χ0) is 13.7. The lowest BCUT2D eigenvalue weighted by Gasteiger charge is -2.32. The molecule has 1 amide bonds. The number of primary amides is 1. The fourth-order valence-corrected chi connectivity index (χ4v) is 2.09. The lowest BCUT2D eigenvalue weighted by molar-refractivity contribution is -0.119. The molecule has 4 N–H and O–H groups in total. The highest BCUT2D eigenvalue weighted by molar-refractivity contribution is 5.75. The first kappa shape index (κ1) is 14.6. The minimum atomic E-state index is -0.429. The van der Waals surface area contributed by atoms with Crippen molar-refractivity contribution in [1.29, 1.82) is 0 Å². The van der Waals surface area contributed by atoms with Crippen LogP contribution in [-0.2, 0) is 4.79 Å². The first-order chi connectivity index (χ1) is 8.45. The summed E-state index contributed by atoms with van der Waals surface area (Å²) in [5.74, 6) is -0.740. The molecular weight excluding hydrogens is 233 g/mol. The molecule has 0 saturated carbocycles. The molecule has 1 aromatic rings. The minimum Gasteiger partial charge on any atom is -0.369 e. The van der Waals surface area contributed by atoms with E-state index in [2.05, 4.69) is 0 Å². The normalized spacial score (nSPS) is 14.5. The molecule has 5 heteroatoms. The molecule has 0 aliphatic rings. The molecule has 0 spiro atoms. The number of amides is 1. The highest BCUT2D eigenvalue weighted by Crippen LogP contribution is 2.24. The Morgan fingerprint density at radius 2 is 2.17 bits per heavy atom. The van der Waals surface area contributed by atoms with Crippen LogP contribution in [-0.4, -0.2) is 30.4 Å². The number of carbonyl (C=O) groups excluding carboxylic acids is 1. The summed E-state index contributed by atoms with van der Waals surface area (Å²) in [4.78, 5) is 12.7. The molecule has 2 atom stereocenters. The molecule has 1 rings (SSSR count). The molecule has 1 aromatic carbocycles. The van der Waals surface area contributed by atoms with E-state index >= 15 is 0 Å². The van der Waals surface area contributed by atoms with E-state index in [1.54, 1.807) is 24.1 Å². The van der Waals surface area contributed by atoms with Crippen LogP contribution in [0.4, 0.5) is 4.39 Å². The van der Waals surface area contributed by atoms with E-state index in [0.29, 0.717) is 0 Å². The lowest BCUT2D eigenvalue weighted by Crippen LogP contribution is -2.42. The van der Waals surface area contributed by atoms with Gasteiger partial charge in [-0.2, -0.15) is 0 Å². The van der Waals surface area contributed by atoms with Crippen LogP contribution in [0.15, 0.2) is 24.3 Å². The third-order valence-electron chi connectivity index (χ3n) is 2.95. The number of nitrogens with zero attached hydrogens (tertiary/aromatic N) is 1. The maximum Gasteiger partial charge on any atom is 0.231 e. The molecule has 2 unspecified atom stereocenters. The standard InChI is InChI=1S/C13H20FN3O/c1-3-11(15)13(17(2)8-12(16)18)9-5-4-6-10(14)7-9/h4-7,11,13H,3,8,15H2,1-2H3,(H2,16,18). The fourth-order valence-electron chi connectivity index (χ4n) is 2.09. The number of nitrogens with two attached hydrogens (primary N) is 2. The van der Waals surface area contributed by atoms with E-state index in [1.165, 1.54) is 12.1 Å². The van der Waals surface area contributed by atoms with E-state index in [4.69, 9.17) is 11.5 Å². The van der Waals surface area contributed by atoms with E-state index in [0.717, 1.165) is 12.0 Å². The molecule has 0 aromatic heterocycles. The number of halogens is 1. The minimum absolute atomic E-state index is 0.0921. The van der Waals surface area contributed by atoms with Gasteiger partial charge in [0.1, 0.15) is 5.82 Å². The van der Waals surface area contributed by atoms with Crippen molar-refractivity contribution < 1.29 is 9.18 Å². The molecule has 18 heavy (non-hydrogen) atoms. The SMILES string of the molecule is CCC(N)C(c1cccc(F)c1)N(C)CC(N)=O. The Labute approximate surface area is 107 Å². The van der Waals surface area contributed by atoms with Gasteiger partial charge in [-0.25, -0.2) is 4.39 Å². The van der Waals surface area contributed by atoms with Gasteiger partial charge in [-0.3, -0.25) is 9.69 Å². The third-order valence-corrected chi connectivity index (χ3v) is 2.95. The van der Waals surface area contributed by atoms with Gasteiger partial charge in [0.05, 0.1) is 12.6 Å². The summed E-state index contributed by atoms with van der Waals surface area (Å²) in [7, 11) is 1.76. The second kappa shape index (κ2) is 6.47. The number of carbonyl (C=O) groups is 1. The van der Waals surface area contributed by atoms with Crippen molar-refractivity contribution in [2.24, 2.45) is 11.5 Å². The van der Waals surface area contributed by atoms with Crippen molar-refractivity contribution in [2.75, 3.05) is 13.6 Å². The first-order valence-electron chi connectivity index (χ1n) is 5.95. The van der Waals surface area contributed by atoms with E-state index in [9.17, 15) is 9.18 Å². The topological polar surface area (TPSA) is 72.3 Å². The Morgan fingerprint density at radius 3 is 2.67 bits per heavy atom. The number of hydrogen-bond donors (Lipinski definition) is 2. The third kappa shape index (κ3) is 3.78. The van der Waals surface area contributed by atoms with Crippen molar-refractivity contribution in [3.63, 3.8) is 0 Å². The second-order valence-electron chi connectivity index (χ2n) is 4.45. The zero-order valence-corrected chi connectivity index (χ0v) is 10.8. The molecule has 4 nitrogen and oxygen atoms in total. The highest BCUT2D eigenvalue weighted by Gasteiger charge is 2.24. The zero-order valence-electron chi connectivity index (χ0n) is 10.8. The monoisotopic (exact) mass is 253 g/mol. The lowest BCUT2D eigenvalue weighted by atomic mass is 9.96. The van der Waals surface area contributed by atoms with E-state index < -0.39 is 5.91 Å². The van der Waals surface area contributed by atoms with Gasteiger partial charge in [-0.15, -0.1) is 0 Å². The molecule has 0 heterocycles. The summed E-state index contributed by atoms with van der Waals surface area (Å²) in [6.45, 7) is 2.05. The first-order valence-corrected chi connectivity index (χ1v) is 5.95. The number of benzene rings is 1. The Morgan fingerprint density at radius 1 is 1.50 bits per heavy atom. The van der Waals surface area contributed by atoms with E-state index in [1.807, 2.05) is 6.92 Å². The van der Waals surface area contributed by atoms with Crippen molar-refractivity contribution >= 4 is 5.91 Å². The number of rotatable bonds is 6. The average Bonchev–Trinajstić information content (AvgIpc) is 2.28. The van der Waals surface area contributed by atoms with Gasteiger partial charge < -0.3 is 11.5 Å². The molecule has 0 radical (unpaired) electrons. The maximum atomic E-state index is 13.3. The summed E-state index contributed by atoms with van der Waals surface area (Å²) in [6.07, 6.45) is 0.726. The van der Waals surface area contributed by atoms with Crippen LogP contribution in [0.1, 0.15) is 24.9 Å². The van der Waals surface area contributed by atoms with Crippen LogP contribution < -0.4 is 11.5 Å².